The van der Waals surface area contributed by atoms with Crippen molar-refractivity contribution in [3.8, 4) is 11.5 Å². The molecule has 1 amide bonds. The van der Waals surface area contributed by atoms with Gasteiger partial charge in [-0.1, -0.05) is 48.5 Å². The first-order valence-corrected chi connectivity index (χ1v) is 8.42. The molecule has 0 radical (unpaired) electrons. The van der Waals surface area contributed by atoms with Crippen LogP contribution in [-0.4, -0.2) is 19.6 Å². The highest BCUT2D eigenvalue weighted by Gasteiger charge is 2.17. The van der Waals surface area contributed by atoms with Crippen molar-refractivity contribution in [1.29, 1.82) is 0 Å². The molecule has 0 unspecified atom stereocenters. The Balaban J connectivity index is 1.77. The van der Waals surface area contributed by atoms with Gasteiger partial charge in [-0.3, -0.25) is 4.79 Å². The maximum atomic E-state index is 12.8. The fourth-order valence-corrected chi connectivity index (χ4v) is 2.59. The lowest BCUT2D eigenvalue weighted by Crippen LogP contribution is -2.34. The van der Waals surface area contributed by atoms with Crippen molar-refractivity contribution >= 4 is 11.6 Å². The van der Waals surface area contributed by atoms with Crippen molar-refractivity contribution in [1.82, 2.24) is 0 Å². The lowest BCUT2D eigenvalue weighted by Gasteiger charge is -2.23. The second-order valence-electron chi connectivity index (χ2n) is 5.77. The number of para-hydroxylation sites is 1. The average molecular weight is 347 g/mol. The second-order valence-corrected chi connectivity index (χ2v) is 5.77. The van der Waals surface area contributed by atoms with Crippen LogP contribution in [0.2, 0.25) is 0 Å². The first-order valence-electron chi connectivity index (χ1n) is 8.42. The van der Waals surface area contributed by atoms with Gasteiger partial charge < -0.3 is 14.4 Å². The summed E-state index contributed by atoms with van der Waals surface area (Å²) in [6, 6.07) is 26.7. The fourth-order valence-electron chi connectivity index (χ4n) is 2.59. The summed E-state index contributed by atoms with van der Waals surface area (Å²) in [6.45, 7) is 0.451. The Kier molecular flexibility index (Phi) is 5.88. The maximum absolute atomic E-state index is 12.8. The van der Waals surface area contributed by atoms with Gasteiger partial charge in [0.1, 0.15) is 11.5 Å². The molecule has 3 rings (SSSR count). The van der Waals surface area contributed by atoms with Gasteiger partial charge in [0.15, 0.2) is 6.61 Å². The van der Waals surface area contributed by atoms with E-state index in [-0.39, 0.29) is 12.5 Å². The number of hydrogen-bond acceptors (Lipinski definition) is 3. The number of carbonyl (C=O) groups is 1. The highest BCUT2D eigenvalue weighted by molar-refractivity contribution is 5.94. The number of methoxy groups -OCH3 is 1. The smallest absolute Gasteiger partial charge is 0.265 e. The third kappa shape index (κ3) is 4.63. The van der Waals surface area contributed by atoms with Crippen molar-refractivity contribution in [3.05, 3.63) is 90.5 Å². The lowest BCUT2D eigenvalue weighted by molar-refractivity contribution is -0.120. The molecular weight excluding hydrogens is 326 g/mol. The normalized spacial score (nSPS) is 10.2. The third-order valence-corrected chi connectivity index (χ3v) is 3.97. The van der Waals surface area contributed by atoms with Crippen LogP contribution in [0.15, 0.2) is 84.9 Å². The van der Waals surface area contributed by atoms with Crippen LogP contribution < -0.4 is 14.4 Å². The Morgan fingerprint density at radius 2 is 1.42 bits per heavy atom. The molecule has 0 N–H and O–H groups in total. The van der Waals surface area contributed by atoms with Gasteiger partial charge in [0.05, 0.1) is 13.7 Å². The van der Waals surface area contributed by atoms with Gasteiger partial charge in [-0.05, 0) is 42.0 Å². The number of ether oxygens (including phenoxy) is 2. The van der Waals surface area contributed by atoms with Gasteiger partial charge in [-0.2, -0.15) is 0 Å². The summed E-state index contributed by atoms with van der Waals surface area (Å²) in [4.78, 5) is 14.6. The number of rotatable bonds is 7. The van der Waals surface area contributed by atoms with Gasteiger partial charge in [0.2, 0.25) is 0 Å². The van der Waals surface area contributed by atoms with Crippen LogP contribution in [-0.2, 0) is 11.3 Å². The molecule has 26 heavy (non-hydrogen) atoms. The van der Waals surface area contributed by atoms with Gasteiger partial charge in [0, 0.05) is 5.69 Å². The van der Waals surface area contributed by atoms with E-state index >= 15 is 0 Å². The van der Waals surface area contributed by atoms with Crippen LogP contribution in [0.5, 0.6) is 11.5 Å². The van der Waals surface area contributed by atoms with Gasteiger partial charge in [0.25, 0.3) is 5.91 Å². The van der Waals surface area contributed by atoms with Gasteiger partial charge >= 0.3 is 0 Å². The molecule has 0 saturated heterocycles. The van der Waals surface area contributed by atoms with Crippen molar-refractivity contribution in [2.45, 2.75) is 6.54 Å². The third-order valence-electron chi connectivity index (χ3n) is 3.97. The van der Waals surface area contributed by atoms with E-state index in [9.17, 15) is 4.79 Å². The van der Waals surface area contributed by atoms with E-state index in [2.05, 4.69) is 0 Å². The van der Waals surface area contributed by atoms with E-state index in [0.717, 1.165) is 17.0 Å². The van der Waals surface area contributed by atoms with Crippen LogP contribution in [0, 0.1) is 0 Å². The van der Waals surface area contributed by atoms with Crippen LogP contribution in [0.25, 0.3) is 0 Å². The molecule has 3 aromatic rings. The van der Waals surface area contributed by atoms with Crippen LogP contribution in [0.1, 0.15) is 5.56 Å². The van der Waals surface area contributed by atoms with Crippen LogP contribution >= 0.6 is 0 Å². The molecule has 0 fully saturated rings. The second kappa shape index (κ2) is 8.72. The molecule has 0 aliphatic carbocycles. The molecule has 0 bridgehead atoms. The Morgan fingerprint density at radius 1 is 0.808 bits per heavy atom. The van der Waals surface area contributed by atoms with E-state index in [1.54, 1.807) is 12.0 Å². The summed E-state index contributed by atoms with van der Waals surface area (Å²) in [5, 5.41) is 0. The maximum Gasteiger partial charge on any atom is 0.265 e. The topological polar surface area (TPSA) is 38.8 Å². The number of amides is 1. The number of nitrogens with zero attached hydrogens (tertiary/aromatic N) is 1. The quantitative estimate of drug-likeness (QED) is 0.639. The molecule has 0 atom stereocenters. The minimum atomic E-state index is -0.108. The van der Waals surface area contributed by atoms with E-state index in [4.69, 9.17) is 9.47 Å². The predicted octanol–water partition coefficient (Wildman–Crippen LogP) is 4.31. The number of hydrogen-bond donors (Lipinski definition) is 0. The summed E-state index contributed by atoms with van der Waals surface area (Å²) in [5.41, 5.74) is 1.85. The molecule has 0 aromatic heterocycles. The lowest BCUT2D eigenvalue weighted by atomic mass is 10.2. The molecule has 4 heteroatoms. The average Bonchev–Trinajstić information content (AvgIpc) is 2.72. The Bertz CT molecular complexity index is 817. The van der Waals surface area contributed by atoms with E-state index in [1.165, 1.54) is 0 Å². The fraction of sp³-hybridized carbons (Fsp3) is 0.136. The zero-order chi connectivity index (χ0) is 18.2. The first-order chi connectivity index (χ1) is 12.8. The van der Waals surface area contributed by atoms with Crippen molar-refractivity contribution < 1.29 is 14.3 Å². The summed E-state index contributed by atoms with van der Waals surface area (Å²) in [6.07, 6.45) is 0. The summed E-state index contributed by atoms with van der Waals surface area (Å²) in [5.74, 6) is 1.32. The number of anilines is 1. The Hall–Kier alpha value is -3.27. The molecular formula is C22H21NO3. The van der Waals surface area contributed by atoms with Crippen molar-refractivity contribution in [3.63, 3.8) is 0 Å². The molecule has 3 aromatic carbocycles. The van der Waals surface area contributed by atoms with Gasteiger partial charge in [-0.25, -0.2) is 0 Å². The molecule has 0 aliphatic heterocycles. The van der Waals surface area contributed by atoms with Crippen LogP contribution in [0.4, 0.5) is 5.69 Å². The SMILES string of the molecule is COc1ccc(N(Cc2ccccc2)C(=O)COc2ccccc2)cc1. The first kappa shape index (κ1) is 17.5. The van der Waals surface area contributed by atoms with E-state index in [0.29, 0.717) is 12.3 Å². The molecule has 0 aliphatic rings. The van der Waals surface area contributed by atoms with Crippen molar-refractivity contribution in [2.24, 2.45) is 0 Å². The number of carbonyl (C=O) groups excluding carboxylic acids is 1. The standard InChI is InChI=1S/C22H21NO3/c1-25-20-14-12-19(13-15-20)23(16-18-8-4-2-5-9-18)22(24)17-26-21-10-6-3-7-11-21/h2-15H,16-17H2,1H3. The zero-order valence-corrected chi connectivity index (χ0v) is 14.7. The molecule has 0 spiro atoms. The molecule has 0 heterocycles. The minimum absolute atomic E-state index is 0.0249. The summed E-state index contributed by atoms with van der Waals surface area (Å²) < 4.78 is 10.8. The van der Waals surface area contributed by atoms with Gasteiger partial charge in [-0.15, -0.1) is 0 Å². The highest BCUT2D eigenvalue weighted by atomic mass is 16.5. The molecule has 4 nitrogen and oxygen atoms in total. The molecule has 132 valence electrons. The summed E-state index contributed by atoms with van der Waals surface area (Å²) >= 11 is 0. The zero-order valence-electron chi connectivity index (χ0n) is 14.7. The highest BCUT2D eigenvalue weighted by Crippen LogP contribution is 2.22. The summed E-state index contributed by atoms with van der Waals surface area (Å²) in [7, 11) is 1.62. The Morgan fingerprint density at radius 3 is 2.04 bits per heavy atom. The minimum Gasteiger partial charge on any atom is -0.497 e. The predicted molar refractivity (Wildman–Crippen MR) is 103 cm³/mol. The largest absolute Gasteiger partial charge is 0.497 e. The molecule has 0 saturated carbocycles. The van der Waals surface area contributed by atoms with Crippen molar-refractivity contribution in [2.75, 3.05) is 18.6 Å². The monoisotopic (exact) mass is 347 g/mol. The number of benzene rings is 3. The van der Waals surface area contributed by atoms with E-state index < -0.39 is 0 Å². The van der Waals surface area contributed by atoms with Crippen LogP contribution in [0.3, 0.4) is 0 Å². The van der Waals surface area contributed by atoms with E-state index in [1.807, 2.05) is 84.9 Å². The Labute approximate surface area is 153 Å².